The molecule has 3 rings (SSSR count). The van der Waals surface area contributed by atoms with Gasteiger partial charge in [-0.3, -0.25) is 9.59 Å². The molecule has 0 saturated heterocycles. The summed E-state index contributed by atoms with van der Waals surface area (Å²) in [6.07, 6.45) is 1.47. The molecule has 0 aliphatic carbocycles. The van der Waals surface area contributed by atoms with Gasteiger partial charge in [-0.1, -0.05) is 54.1 Å². The van der Waals surface area contributed by atoms with Gasteiger partial charge in [0, 0.05) is 12.2 Å². The third kappa shape index (κ3) is 6.97. The van der Waals surface area contributed by atoms with Crippen molar-refractivity contribution in [2.45, 2.75) is 27.3 Å². The molecular formula is C29H29N3O4. The molecule has 0 saturated carbocycles. The van der Waals surface area contributed by atoms with Crippen LogP contribution in [0.25, 0.3) is 6.08 Å². The minimum atomic E-state index is -0.473. The van der Waals surface area contributed by atoms with E-state index in [9.17, 15) is 14.9 Å². The SMILES string of the molecule is COc1cc(/C=C(\C#N)C(=O)NCc2ccccc2)ccc1OCC(=O)Nc1c(C)cc(C)cc1C. The molecule has 7 heteroatoms. The van der Waals surface area contributed by atoms with Crippen molar-refractivity contribution < 1.29 is 19.1 Å². The molecule has 0 heterocycles. The number of nitriles is 1. The Labute approximate surface area is 211 Å². The number of rotatable bonds is 9. The van der Waals surface area contributed by atoms with Crippen LogP contribution in [0.3, 0.4) is 0 Å². The first-order chi connectivity index (χ1) is 17.3. The lowest BCUT2D eigenvalue weighted by Gasteiger charge is -2.14. The molecule has 2 amide bonds. The fourth-order valence-corrected chi connectivity index (χ4v) is 3.78. The third-order valence-corrected chi connectivity index (χ3v) is 5.46. The largest absolute Gasteiger partial charge is 0.493 e. The van der Waals surface area contributed by atoms with E-state index in [4.69, 9.17) is 9.47 Å². The molecular weight excluding hydrogens is 454 g/mol. The van der Waals surface area contributed by atoms with Gasteiger partial charge in [-0.25, -0.2) is 0 Å². The zero-order chi connectivity index (χ0) is 26.1. The average Bonchev–Trinajstić information content (AvgIpc) is 2.87. The molecule has 0 fully saturated rings. The maximum absolute atomic E-state index is 12.5. The average molecular weight is 484 g/mol. The first kappa shape index (κ1) is 26.0. The molecule has 0 aliphatic rings. The molecule has 0 bridgehead atoms. The monoisotopic (exact) mass is 483 g/mol. The number of amides is 2. The van der Waals surface area contributed by atoms with Gasteiger partial charge in [0.15, 0.2) is 18.1 Å². The van der Waals surface area contributed by atoms with Crippen molar-refractivity contribution in [3.8, 4) is 17.6 Å². The van der Waals surface area contributed by atoms with E-state index in [1.165, 1.54) is 13.2 Å². The zero-order valence-corrected chi connectivity index (χ0v) is 20.8. The van der Waals surface area contributed by atoms with Crippen molar-refractivity contribution in [3.05, 3.63) is 94.1 Å². The summed E-state index contributed by atoms with van der Waals surface area (Å²) in [6, 6.07) is 20.4. The van der Waals surface area contributed by atoms with Crippen LogP contribution in [0, 0.1) is 32.1 Å². The summed E-state index contributed by atoms with van der Waals surface area (Å²) in [4.78, 5) is 25.0. The fourth-order valence-electron chi connectivity index (χ4n) is 3.78. The quantitative estimate of drug-likeness (QED) is 0.334. The number of methoxy groups -OCH3 is 1. The first-order valence-electron chi connectivity index (χ1n) is 11.4. The molecule has 7 nitrogen and oxygen atoms in total. The number of anilines is 1. The predicted molar refractivity (Wildman–Crippen MR) is 140 cm³/mol. The van der Waals surface area contributed by atoms with E-state index in [1.54, 1.807) is 18.2 Å². The van der Waals surface area contributed by atoms with Crippen molar-refractivity contribution in [2.24, 2.45) is 0 Å². The number of nitrogens with one attached hydrogen (secondary N) is 2. The highest BCUT2D eigenvalue weighted by Crippen LogP contribution is 2.29. The molecule has 0 aromatic heterocycles. The van der Waals surface area contributed by atoms with Gasteiger partial charge in [-0.15, -0.1) is 0 Å². The molecule has 2 N–H and O–H groups in total. The van der Waals surface area contributed by atoms with Crippen molar-refractivity contribution >= 4 is 23.6 Å². The highest BCUT2D eigenvalue weighted by molar-refractivity contribution is 6.01. The van der Waals surface area contributed by atoms with Crippen molar-refractivity contribution in [1.82, 2.24) is 5.32 Å². The van der Waals surface area contributed by atoms with Gasteiger partial charge in [0.05, 0.1) is 7.11 Å². The number of carbonyl (C=O) groups is 2. The summed E-state index contributed by atoms with van der Waals surface area (Å²) < 4.78 is 11.1. The predicted octanol–water partition coefficient (Wildman–Crippen LogP) is 4.86. The topological polar surface area (TPSA) is 100 Å². The molecule has 36 heavy (non-hydrogen) atoms. The van der Waals surface area contributed by atoms with Gasteiger partial charge >= 0.3 is 0 Å². The fraction of sp³-hybridized carbons (Fsp3) is 0.207. The Morgan fingerprint density at radius 1 is 0.972 bits per heavy atom. The molecule has 0 atom stereocenters. The smallest absolute Gasteiger partial charge is 0.262 e. The van der Waals surface area contributed by atoms with E-state index in [0.717, 1.165) is 27.9 Å². The van der Waals surface area contributed by atoms with Crippen molar-refractivity contribution in [2.75, 3.05) is 19.0 Å². The molecule has 3 aromatic carbocycles. The Hall–Kier alpha value is -4.57. The van der Waals surface area contributed by atoms with Crippen molar-refractivity contribution in [1.29, 1.82) is 5.26 Å². The molecule has 0 spiro atoms. The second kappa shape index (κ2) is 12.2. The van der Waals surface area contributed by atoms with E-state index < -0.39 is 5.91 Å². The number of hydrogen-bond acceptors (Lipinski definition) is 5. The number of ether oxygens (including phenoxy) is 2. The molecule has 0 unspecified atom stereocenters. The van der Waals surface area contributed by atoms with Gasteiger partial charge in [0.25, 0.3) is 11.8 Å². The maximum atomic E-state index is 12.5. The van der Waals surface area contributed by atoms with Crippen LogP contribution in [-0.2, 0) is 16.1 Å². The van der Waals surface area contributed by atoms with Crippen LogP contribution in [0.1, 0.15) is 27.8 Å². The highest BCUT2D eigenvalue weighted by atomic mass is 16.5. The first-order valence-corrected chi connectivity index (χ1v) is 11.4. The van der Waals surface area contributed by atoms with Crippen molar-refractivity contribution in [3.63, 3.8) is 0 Å². The van der Waals surface area contributed by atoms with Crippen LogP contribution in [-0.4, -0.2) is 25.5 Å². The summed E-state index contributed by atoms with van der Waals surface area (Å²) in [5.74, 6) is -0.0210. The third-order valence-electron chi connectivity index (χ3n) is 5.46. The van der Waals surface area contributed by atoms with Gasteiger partial charge in [-0.2, -0.15) is 5.26 Å². The van der Waals surface area contributed by atoms with Gasteiger partial charge in [0.1, 0.15) is 11.6 Å². The van der Waals surface area contributed by atoms with Gasteiger partial charge < -0.3 is 20.1 Å². The van der Waals surface area contributed by atoms with E-state index >= 15 is 0 Å². The lowest BCUT2D eigenvalue weighted by atomic mass is 10.1. The van der Waals surface area contributed by atoms with Crippen LogP contribution in [0.2, 0.25) is 0 Å². The van der Waals surface area contributed by atoms with Crippen LogP contribution in [0.5, 0.6) is 11.5 Å². The van der Waals surface area contributed by atoms with Crippen LogP contribution in [0.4, 0.5) is 5.69 Å². The van der Waals surface area contributed by atoms with E-state index in [-0.39, 0.29) is 18.1 Å². The molecule has 0 aliphatic heterocycles. The van der Waals surface area contributed by atoms with Gasteiger partial charge in [-0.05, 0) is 61.2 Å². The Kier molecular flexibility index (Phi) is 8.84. The Bertz CT molecular complexity index is 1300. The summed E-state index contributed by atoms with van der Waals surface area (Å²) in [5, 5.41) is 15.1. The summed E-state index contributed by atoms with van der Waals surface area (Å²) in [7, 11) is 1.48. The van der Waals surface area contributed by atoms with E-state index in [2.05, 4.69) is 10.6 Å². The van der Waals surface area contributed by atoms with E-state index in [1.807, 2.05) is 69.3 Å². The lowest BCUT2D eigenvalue weighted by molar-refractivity contribution is -0.118. The number of carbonyl (C=O) groups excluding carboxylic acids is 2. The molecule has 184 valence electrons. The number of hydrogen-bond donors (Lipinski definition) is 2. The highest BCUT2D eigenvalue weighted by Gasteiger charge is 2.13. The standard InChI is InChI=1S/C29H29N3O4/c1-19-12-20(2)28(21(3)13-19)32-27(33)18-36-25-11-10-23(15-26(25)35-4)14-24(16-30)29(34)31-17-22-8-6-5-7-9-22/h5-15H,17-18H2,1-4H3,(H,31,34)(H,32,33)/b24-14+. The van der Waals surface area contributed by atoms with Crippen LogP contribution < -0.4 is 20.1 Å². The van der Waals surface area contributed by atoms with Crippen LogP contribution >= 0.6 is 0 Å². The summed E-state index contributed by atoms with van der Waals surface area (Å²) in [5.41, 5.74) is 5.35. The van der Waals surface area contributed by atoms with E-state index in [0.29, 0.717) is 23.6 Å². The molecule has 0 radical (unpaired) electrons. The normalized spacial score (nSPS) is 10.8. The zero-order valence-electron chi connectivity index (χ0n) is 20.8. The Balaban J connectivity index is 1.65. The second-order valence-electron chi connectivity index (χ2n) is 8.36. The second-order valence-corrected chi connectivity index (χ2v) is 8.36. The number of nitrogens with zero attached hydrogens (tertiary/aromatic N) is 1. The Morgan fingerprint density at radius 3 is 2.31 bits per heavy atom. The summed E-state index contributed by atoms with van der Waals surface area (Å²) in [6.45, 7) is 6.02. The molecule has 3 aromatic rings. The minimum Gasteiger partial charge on any atom is -0.493 e. The number of benzene rings is 3. The maximum Gasteiger partial charge on any atom is 0.262 e. The lowest BCUT2D eigenvalue weighted by Crippen LogP contribution is -2.23. The van der Waals surface area contributed by atoms with Crippen LogP contribution in [0.15, 0.2) is 66.2 Å². The minimum absolute atomic E-state index is 0.0372. The Morgan fingerprint density at radius 2 is 1.67 bits per heavy atom. The van der Waals surface area contributed by atoms with Gasteiger partial charge in [0.2, 0.25) is 0 Å². The summed E-state index contributed by atoms with van der Waals surface area (Å²) >= 11 is 0. The number of aryl methyl sites for hydroxylation is 3.